The average molecular weight is 230 g/mol. The van der Waals surface area contributed by atoms with E-state index in [-0.39, 0.29) is 6.54 Å². The molecule has 0 saturated carbocycles. The first-order valence-corrected chi connectivity index (χ1v) is 5.57. The summed E-state index contributed by atoms with van der Waals surface area (Å²) in [6.45, 7) is 3.53. The SMILES string of the molecule is CCCc1ccc(C(C)(F)CN)cc1Cl. The molecular formula is C12H17ClFN. The molecule has 0 fully saturated rings. The second kappa shape index (κ2) is 4.95. The van der Waals surface area contributed by atoms with Crippen LogP contribution in [0.5, 0.6) is 0 Å². The summed E-state index contributed by atoms with van der Waals surface area (Å²) in [5, 5.41) is 0.631. The van der Waals surface area contributed by atoms with Crippen LogP contribution >= 0.6 is 11.6 Å². The predicted molar refractivity (Wildman–Crippen MR) is 63.0 cm³/mol. The zero-order valence-corrected chi connectivity index (χ0v) is 9.94. The van der Waals surface area contributed by atoms with Gasteiger partial charge in [0.15, 0.2) is 0 Å². The number of benzene rings is 1. The molecule has 0 aromatic heterocycles. The minimum Gasteiger partial charge on any atom is -0.327 e. The monoisotopic (exact) mass is 229 g/mol. The maximum absolute atomic E-state index is 13.9. The summed E-state index contributed by atoms with van der Waals surface area (Å²) in [7, 11) is 0. The van der Waals surface area contributed by atoms with E-state index in [1.54, 1.807) is 12.1 Å². The van der Waals surface area contributed by atoms with E-state index < -0.39 is 5.67 Å². The molecule has 0 radical (unpaired) electrons. The van der Waals surface area contributed by atoms with Crippen LogP contribution < -0.4 is 5.73 Å². The highest BCUT2D eigenvalue weighted by Crippen LogP contribution is 2.28. The van der Waals surface area contributed by atoms with Gasteiger partial charge in [0, 0.05) is 11.6 Å². The van der Waals surface area contributed by atoms with Crippen LogP contribution in [0.4, 0.5) is 4.39 Å². The summed E-state index contributed by atoms with van der Waals surface area (Å²) in [6, 6.07) is 5.33. The van der Waals surface area contributed by atoms with Gasteiger partial charge >= 0.3 is 0 Å². The summed E-state index contributed by atoms with van der Waals surface area (Å²) in [6.07, 6.45) is 1.95. The van der Waals surface area contributed by atoms with Crippen molar-refractivity contribution >= 4 is 11.6 Å². The van der Waals surface area contributed by atoms with Crippen LogP contribution in [0.3, 0.4) is 0 Å². The van der Waals surface area contributed by atoms with E-state index in [1.165, 1.54) is 6.92 Å². The largest absolute Gasteiger partial charge is 0.327 e. The average Bonchev–Trinajstić information content (AvgIpc) is 2.21. The van der Waals surface area contributed by atoms with Gasteiger partial charge in [-0.1, -0.05) is 37.1 Å². The summed E-state index contributed by atoms with van der Waals surface area (Å²) in [4.78, 5) is 0. The molecule has 0 aliphatic heterocycles. The number of rotatable bonds is 4. The maximum Gasteiger partial charge on any atom is 0.145 e. The molecule has 1 aromatic rings. The molecule has 1 nitrogen and oxygen atoms in total. The number of hydrogen-bond acceptors (Lipinski definition) is 1. The van der Waals surface area contributed by atoms with Gasteiger partial charge in [0.25, 0.3) is 0 Å². The Morgan fingerprint density at radius 3 is 2.60 bits per heavy atom. The Kier molecular flexibility index (Phi) is 4.12. The lowest BCUT2D eigenvalue weighted by molar-refractivity contribution is 0.203. The second-order valence-electron chi connectivity index (χ2n) is 3.96. The van der Waals surface area contributed by atoms with Crippen LogP contribution in [0.25, 0.3) is 0 Å². The van der Waals surface area contributed by atoms with Crippen LogP contribution in [0.2, 0.25) is 5.02 Å². The van der Waals surface area contributed by atoms with Crippen molar-refractivity contribution in [1.82, 2.24) is 0 Å². The van der Waals surface area contributed by atoms with Crippen LogP contribution in [-0.2, 0) is 12.1 Å². The van der Waals surface area contributed by atoms with E-state index in [9.17, 15) is 4.39 Å². The Bertz CT molecular complexity index is 336. The summed E-state index contributed by atoms with van der Waals surface area (Å²) in [5.41, 5.74) is 5.49. The third-order valence-corrected chi connectivity index (χ3v) is 2.91. The molecule has 1 rings (SSSR count). The van der Waals surface area contributed by atoms with Gasteiger partial charge in [0.2, 0.25) is 0 Å². The molecule has 84 valence electrons. The molecule has 1 aromatic carbocycles. The Hall–Kier alpha value is -0.600. The van der Waals surface area contributed by atoms with Crippen molar-refractivity contribution in [1.29, 1.82) is 0 Å². The normalized spacial score (nSPS) is 15.0. The Morgan fingerprint density at radius 2 is 2.13 bits per heavy atom. The van der Waals surface area contributed by atoms with Crippen LogP contribution in [0.1, 0.15) is 31.4 Å². The Balaban J connectivity index is 3.01. The van der Waals surface area contributed by atoms with E-state index >= 15 is 0 Å². The number of halogens is 2. The van der Waals surface area contributed by atoms with Gasteiger partial charge in [0.05, 0.1) is 0 Å². The summed E-state index contributed by atoms with van der Waals surface area (Å²) >= 11 is 6.06. The van der Waals surface area contributed by atoms with Gasteiger partial charge in [-0.15, -0.1) is 0 Å². The zero-order valence-electron chi connectivity index (χ0n) is 9.19. The van der Waals surface area contributed by atoms with Gasteiger partial charge in [-0.3, -0.25) is 0 Å². The molecule has 15 heavy (non-hydrogen) atoms. The van der Waals surface area contributed by atoms with Gasteiger partial charge in [-0.05, 0) is 30.5 Å². The molecule has 1 unspecified atom stereocenters. The first kappa shape index (κ1) is 12.5. The maximum atomic E-state index is 13.9. The van der Waals surface area contributed by atoms with Crippen molar-refractivity contribution in [2.24, 2.45) is 5.73 Å². The van der Waals surface area contributed by atoms with Gasteiger partial charge in [-0.2, -0.15) is 0 Å². The quantitative estimate of drug-likeness (QED) is 0.841. The lowest BCUT2D eigenvalue weighted by Gasteiger charge is -2.19. The van der Waals surface area contributed by atoms with Crippen molar-refractivity contribution in [3.8, 4) is 0 Å². The lowest BCUT2D eigenvalue weighted by atomic mass is 9.96. The minimum absolute atomic E-state index is 0.0313. The fraction of sp³-hybridized carbons (Fsp3) is 0.500. The third-order valence-electron chi connectivity index (χ3n) is 2.56. The molecule has 0 aliphatic carbocycles. The first-order chi connectivity index (χ1) is 7.01. The molecule has 0 heterocycles. The smallest absolute Gasteiger partial charge is 0.145 e. The van der Waals surface area contributed by atoms with E-state index in [0.717, 1.165) is 18.4 Å². The molecule has 0 saturated heterocycles. The highest BCUT2D eigenvalue weighted by atomic mass is 35.5. The third kappa shape index (κ3) is 2.93. The standard InChI is InChI=1S/C12H17ClFN/c1-3-4-9-5-6-10(7-11(9)13)12(2,14)8-15/h5-7H,3-4,8,15H2,1-2H3. The molecule has 0 bridgehead atoms. The number of hydrogen-bond donors (Lipinski definition) is 1. The zero-order chi connectivity index (χ0) is 11.5. The molecule has 0 aliphatic rings. The molecule has 2 N–H and O–H groups in total. The van der Waals surface area contributed by atoms with Crippen molar-refractivity contribution < 1.29 is 4.39 Å². The molecule has 3 heteroatoms. The molecule has 0 amide bonds. The van der Waals surface area contributed by atoms with Gasteiger partial charge in [-0.25, -0.2) is 4.39 Å². The van der Waals surface area contributed by atoms with Crippen molar-refractivity contribution in [2.75, 3.05) is 6.54 Å². The van der Waals surface area contributed by atoms with Gasteiger partial charge < -0.3 is 5.73 Å². The van der Waals surface area contributed by atoms with Crippen LogP contribution in [-0.4, -0.2) is 6.54 Å². The fourth-order valence-electron chi connectivity index (χ4n) is 1.46. The number of alkyl halides is 1. The molecular weight excluding hydrogens is 213 g/mol. The highest BCUT2D eigenvalue weighted by Gasteiger charge is 2.24. The Labute approximate surface area is 95.4 Å². The van der Waals surface area contributed by atoms with E-state index in [2.05, 4.69) is 6.92 Å². The number of aryl methyl sites for hydroxylation is 1. The molecule has 1 atom stereocenters. The lowest BCUT2D eigenvalue weighted by Crippen LogP contribution is -2.26. The number of nitrogens with two attached hydrogens (primary N) is 1. The van der Waals surface area contributed by atoms with E-state index in [1.807, 2.05) is 6.07 Å². The highest BCUT2D eigenvalue weighted by molar-refractivity contribution is 6.31. The van der Waals surface area contributed by atoms with Crippen molar-refractivity contribution in [2.45, 2.75) is 32.4 Å². The van der Waals surface area contributed by atoms with Crippen LogP contribution in [0, 0.1) is 0 Å². The fourth-order valence-corrected chi connectivity index (χ4v) is 1.74. The summed E-state index contributed by atoms with van der Waals surface area (Å²) in [5.74, 6) is 0. The van der Waals surface area contributed by atoms with E-state index in [0.29, 0.717) is 10.6 Å². The predicted octanol–water partition coefficient (Wildman–Crippen LogP) is 3.44. The first-order valence-electron chi connectivity index (χ1n) is 5.19. The minimum atomic E-state index is -1.49. The van der Waals surface area contributed by atoms with Crippen molar-refractivity contribution in [3.63, 3.8) is 0 Å². The second-order valence-corrected chi connectivity index (χ2v) is 4.36. The van der Waals surface area contributed by atoms with E-state index in [4.69, 9.17) is 17.3 Å². The van der Waals surface area contributed by atoms with Crippen molar-refractivity contribution in [3.05, 3.63) is 34.3 Å². The Morgan fingerprint density at radius 1 is 1.47 bits per heavy atom. The topological polar surface area (TPSA) is 26.0 Å². The summed E-state index contributed by atoms with van der Waals surface area (Å²) < 4.78 is 13.9. The van der Waals surface area contributed by atoms with Crippen LogP contribution in [0.15, 0.2) is 18.2 Å². The van der Waals surface area contributed by atoms with Gasteiger partial charge in [0.1, 0.15) is 5.67 Å². The molecule has 0 spiro atoms.